The summed E-state index contributed by atoms with van der Waals surface area (Å²) in [6, 6.07) is 10.4. The number of carbonyl (C=O) groups is 1. The molecule has 0 saturated heterocycles. The summed E-state index contributed by atoms with van der Waals surface area (Å²) >= 11 is 0. The van der Waals surface area contributed by atoms with Crippen LogP contribution >= 0.6 is 12.4 Å². The molecule has 6 heteroatoms. The number of nitrogens with zero attached hydrogens (tertiary/aromatic N) is 2. The molecule has 0 aliphatic heterocycles. The van der Waals surface area contributed by atoms with E-state index < -0.39 is 0 Å². The van der Waals surface area contributed by atoms with E-state index in [-0.39, 0.29) is 24.4 Å². The Balaban J connectivity index is 0.00000196. The molecular weight excluding hydrogens is 348 g/mol. The lowest BCUT2D eigenvalue weighted by Gasteiger charge is -2.45. The molecule has 2 aliphatic carbocycles. The number of benzene rings is 1. The van der Waals surface area contributed by atoms with Crippen molar-refractivity contribution in [3.05, 3.63) is 47.8 Å². The van der Waals surface area contributed by atoms with Gasteiger partial charge < -0.3 is 11.1 Å². The molecule has 2 bridgehead atoms. The standard InChI is InChI=1S/C20H26N4O.ClH/c1-13-18(12-24(23-13)17-8-3-2-4-9-17)20(25)22-19-14-6-5-7-15(19)11-16(21)10-14;/h2-4,8-9,12,14-16,19H,5-7,10-11,21H2,1H3,(H,22,25);1H. The Morgan fingerprint density at radius 2 is 1.85 bits per heavy atom. The second-order valence-corrected chi connectivity index (χ2v) is 7.59. The summed E-state index contributed by atoms with van der Waals surface area (Å²) in [5.41, 5.74) is 8.58. The maximum atomic E-state index is 12.9. The van der Waals surface area contributed by atoms with Crippen LogP contribution in [0.1, 0.15) is 48.2 Å². The highest BCUT2D eigenvalue weighted by Gasteiger charge is 2.40. The van der Waals surface area contributed by atoms with Gasteiger partial charge >= 0.3 is 0 Å². The lowest BCUT2D eigenvalue weighted by molar-refractivity contribution is 0.0755. The molecule has 26 heavy (non-hydrogen) atoms. The Labute approximate surface area is 160 Å². The minimum atomic E-state index is -0.00273. The van der Waals surface area contributed by atoms with Crippen LogP contribution in [0.3, 0.4) is 0 Å². The first-order valence-corrected chi connectivity index (χ1v) is 9.30. The zero-order chi connectivity index (χ0) is 17.4. The van der Waals surface area contributed by atoms with Gasteiger partial charge in [0.05, 0.1) is 16.9 Å². The van der Waals surface area contributed by atoms with Crippen molar-refractivity contribution in [3.8, 4) is 5.69 Å². The van der Waals surface area contributed by atoms with Crippen LogP contribution in [0.4, 0.5) is 0 Å². The highest BCUT2D eigenvalue weighted by Crippen LogP contribution is 2.39. The third-order valence-electron chi connectivity index (χ3n) is 5.84. The number of nitrogens with two attached hydrogens (primary N) is 1. The number of hydrogen-bond donors (Lipinski definition) is 2. The molecule has 2 fully saturated rings. The third-order valence-corrected chi connectivity index (χ3v) is 5.84. The molecule has 1 amide bonds. The van der Waals surface area contributed by atoms with Crippen LogP contribution in [0.5, 0.6) is 0 Å². The molecule has 5 nitrogen and oxygen atoms in total. The second-order valence-electron chi connectivity index (χ2n) is 7.59. The molecule has 1 aromatic heterocycles. The van der Waals surface area contributed by atoms with Gasteiger partial charge in [-0.1, -0.05) is 24.6 Å². The quantitative estimate of drug-likeness (QED) is 0.866. The van der Waals surface area contributed by atoms with E-state index >= 15 is 0 Å². The van der Waals surface area contributed by atoms with Gasteiger partial charge in [-0.25, -0.2) is 4.68 Å². The summed E-state index contributed by atoms with van der Waals surface area (Å²) in [5.74, 6) is 1.05. The van der Waals surface area contributed by atoms with Crippen molar-refractivity contribution in [2.24, 2.45) is 17.6 Å². The van der Waals surface area contributed by atoms with Crippen molar-refractivity contribution in [1.82, 2.24) is 15.1 Å². The highest BCUT2D eigenvalue weighted by molar-refractivity contribution is 5.95. The van der Waals surface area contributed by atoms with Crippen LogP contribution in [0.15, 0.2) is 36.5 Å². The van der Waals surface area contributed by atoms with Crippen molar-refractivity contribution in [1.29, 1.82) is 0 Å². The SMILES string of the molecule is Cc1nn(-c2ccccc2)cc1C(=O)NC1C2CCCC1CC(N)C2.Cl. The topological polar surface area (TPSA) is 72.9 Å². The van der Waals surface area contributed by atoms with E-state index in [0.29, 0.717) is 23.4 Å². The minimum Gasteiger partial charge on any atom is -0.349 e. The van der Waals surface area contributed by atoms with Crippen molar-refractivity contribution in [3.63, 3.8) is 0 Å². The first-order valence-electron chi connectivity index (χ1n) is 9.30. The van der Waals surface area contributed by atoms with Crippen LogP contribution in [0.25, 0.3) is 5.69 Å². The Morgan fingerprint density at radius 1 is 1.19 bits per heavy atom. The number of aryl methyl sites for hydroxylation is 1. The normalized spacial score (nSPS) is 27.5. The van der Waals surface area contributed by atoms with Gasteiger partial charge in [-0.15, -0.1) is 12.4 Å². The molecule has 1 aromatic carbocycles. The maximum Gasteiger partial charge on any atom is 0.254 e. The Hall–Kier alpha value is -1.85. The number of carbonyl (C=O) groups excluding carboxylic acids is 1. The van der Waals surface area contributed by atoms with Gasteiger partial charge in [0, 0.05) is 18.3 Å². The Morgan fingerprint density at radius 3 is 2.50 bits per heavy atom. The van der Waals surface area contributed by atoms with Gasteiger partial charge in [-0.2, -0.15) is 5.10 Å². The Kier molecular flexibility index (Phi) is 5.68. The van der Waals surface area contributed by atoms with Crippen molar-refractivity contribution >= 4 is 18.3 Å². The van der Waals surface area contributed by atoms with E-state index in [1.165, 1.54) is 19.3 Å². The van der Waals surface area contributed by atoms with Crippen molar-refractivity contribution in [2.45, 2.75) is 51.1 Å². The molecule has 0 radical (unpaired) electrons. The van der Waals surface area contributed by atoms with Gasteiger partial charge in [0.2, 0.25) is 0 Å². The van der Waals surface area contributed by atoms with Gasteiger partial charge in [0.15, 0.2) is 0 Å². The average Bonchev–Trinajstić information content (AvgIpc) is 2.98. The molecule has 1 heterocycles. The molecule has 2 aromatic rings. The number of rotatable bonds is 3. The first-order chi connectivity index (χ1) is 12.1. The summed E-state index contributed by atoms with van der Waals surface area (Å²) in [5, 5.41) is 7.83. The van der Waals surface area contributed by atoms with E-state index in [1.54, 1.807) is 4.68 Å². The fourth-order valence-corrected chi connectivity index (χ4v) is 4.65. The van der Waals surface area contributed by atoms with Gasteiger partial charge in [-0.3, -0.25) is 4.79 Å². The smallest absolute Gasteiger partial charge is 0.254 e. The van der Waals surface area contributed by atoms with E-state index in [1.807, 2.05) is 43.5 Å². The summed E-state index contributed by atoms with van der Waals surface area (Å²) in [6.07, 6.45) is 7.52. The molecule has 2 atom stereocenters. The summed E-state index contributed by atoms with van der Waals surface area (Å²) in [7, 11) is 0. The number of amides is 1. The van der Waals surface area contributed by atoms with Gasteiger partial charge in [0.25, 0.3) is 5.91 Å². The minimum absolute atomic E-state index is 0. The molecule has 0 spiro atoms. The lowest BCUT2D eigenvalue weighted by atomic mass is 9.67. The molecule has 4 rings (SSSR count). The van der Waals surface area contributed by atoms with E-state index in [9.17, 15) is 4.79 Å². The van der Waals surface area contributed by atoms with E-state index in [4.69, 9.17) is 5.73 Å². The number of aromatic nitrogens is 2. The number of para-hydroxylation sites is 1. The first kappa shape index (κ1) is 18.9. The fourth-order valence-electron chi connectivity index (χ4n) is 4.65. The maximum absolute atomic E-state index is 12.9. The van der Waals surface area contributed by atoms with Gasteiger partial charge in [0.1, 0.15) is 0 Å². The Bertz CT molecular complexity index is 746. The summed E-state index contributed by atoms with van der Waals surface area (Å²) in [4.78, 5) is 12.9. The summed E-state index contributed by atoms with van der Waals surface area (Å²) < 4.78 is 1.78. The van der Waals surface area contributed by atoms with Crippen LogP contribution in [-0.2, 0) is 0 Å². The largest absolute Gasteiger partial charge is 0.349 e. The predicted molar refractivity (Wildman–Crippen MR) is 105 cm³/mol. The molecule has 3 N–H and O–H groups in total. The molecule has 2 saturated carbocycles. The third kappa shape index (κ3) is 3.64. The number of hydrogen-bond acceptors (Lipinski definition) is 3. The monoisotopic (exact) mass is 374 g/mol. The van der Waals surface area contributed by atoms with E-state index in [0.717, 1.165) is 24.2 Å². The van der Waals surface area contributed by atoms with Crippen LogP contribution < -0.4 is 11.1 Å². The second kappa shape index (κ2) is 7.80. The predicted octanol–water partition coefficient (Wildman–Crippen LogP) is 3.24. The number of halogens is 1. The highest BCUT2D eigenvalue weighted by atomic mass is 35.5. The van der Waals surface area contributed by atoms with Crippen LogP contribution in [0, 0.1) is 18.8 Å². The van der Waals surface area contributed by atoms with Crippen molar-refractivity contribution in [2.75, 3.05) is 0 Å². The van der Waals surface area contributed by atoms with E-state index in [2.05, 4.69) is 10.4 Å². The summed E-state index contributed by atoms with van der Waals surface area (Å²) in [6.45, 7) is 1.89. The van der Waals surface area contributed by atoms with Crippen molar-refractivity contribution < 1.29 is 4.79 Å². The van der Waals surface area contributed by atoms with Crippen LogP contribution in [0.2, 0.25) is 0 Å². The lowest BCUT2D eigenvalue weighted by Crippen LogP contribution is -2.53. The molecule has 2 aliphatic rings. The zero-order valence-electron chi connectivity index (χ0n) is 15.1. The zero-order valence-corrected chi connectivity index (χ0v) is 15.9. The average molecular weight is 375 g/mol. The number of fused-ring (bicyclic) bond motifs is 2. The molecule has 140 valence electrons. The fraction of sp³-hybridized carbons (Fsp3) is 0.500. The molecule has 2 unspecified atom stereocenters. The van der Waals surface area contributed by atoms with Crippen LogP contribution in [-0.4, -0.2) is 27.8 Å². The molecular formula is C20H27ClN4O. The van der Waals surface area contributed by atoms with Gasteiger partial charge in [-0.05, 0) is 56.6 Å². The number of nitrogens with one attached hydrogen (secondary N) is 1.